The van der Waals surface area contributed by atoms with Gasteiger partial charge in [-0.2, -0.15) is 0 Å². The molecule has 6 heteroatoms. The van der Waals surface area contributed by atoms with E-state index in [1.54, 1.807) is 18.0 Å². The van der Waals surface area contributed by atoms with Gasteiger partial charge in [0.05, 0.1) is 5.69 Å². The van der Waals surface area contributed by atoms with Crippen LogP contribution in [0.4, 0.5) is 0 Å². The number of thioether (sulfide) groups is 1. The maximum Gasteiger partial charge on any atom is 0.174 e. The molecule has 1 aromatic carbocycles. The fraction of sp³-hybridized carbons (Fsp3) is 0.368. The molecule has 0 aliphatic rings. The molecule has 0 fully saturated rings. The molecule has 0 spiro atoms. The van der Waals surface area contributed by atoms with Crippen molar-refractivity contribution >= 4 is 22.9 Å². The second kappa shape index (κ2) is 7.56. The lowest BCUT2D eigenvalue weighted by molar-refractivity contribution is -0.0451. The lowest BCUT2D eigenvalue weighted by Gasteiger charge is -2.15. The van der Waals surface area contributed by atoms with Gasteiger partial charge in [-0.05, 0) is 56.9 Å². The third-order valence-electron chi connectivity index (χ3n) is 4.08. The fourth-order valence-corrected chi connectivity index (χ4v) is 4.11. The van der Waals surface area contributed by atoms with Crippen molar-refractivity contribution in [2.24, 2.45) is 0 Å². The average Bonchev–Trinajstić information content (AvgIpc) is 2.89. The molecule has 2 N–H and O–H groups in total. The quantitative estimate of drug-likeness (QED) is 0.401. The standard InChI is InChI=1S/C19H23N3O2S/c1-12-10-13(2)17(14(3)11-12)22-18-15(6-4-8-20-18)21-19(22)25-9-5-7-16(23)24/h4,6,8,10-11,16,23-24H,5,7,9H2,1-3H3. The Kier molecular flexibility index (Phi) is 5.42. The monoisotopic (exact) mass is 357 g/mol. The molecular weight excluding hydrogens is 334 g/mol. The molecule has 25 heavy (non-hydrogen) atoms. The van der Waals surface area contributed by atoms with Gasteiger partial charge in [-0.3, -0.25) is 4.57 Å². The van der Waals surface area contributed by atoms with Crippen LogP contribution in [0, 0.1) is 20.8 Å². The maximum atomic E-state index is 9.01. The van der Waals surface area contributed by atoms with Crippen LogP contribution in [0.15, 0.2) is 35.6 Å². The summed E-state index contributed by atoms with van der Waals surface area (Å²) in [6.45, 7) is 6.32. The van der Waals surface area contributed by atoms with Gasteiger partial charge in [0.1, 0.15) is 5.52 Å². The summed E-state index contributed by atoms with van der Waals surface area (Å²) in [5.41, 5.74) is 6.46. The molecule has 0 saturated carbocycles. The van der Waals surface area contributed by atoms with Crippen LogP contribution in [0.2, 0.25) is 0 Å². The number of rotatable bonds is 6. The van der Waals surface area contributed by atoms with E-state index in [1.165, 1.54) is 16.7 Å². The molecule has 3 rings (SSSR count). The normalized spacial score (nSPS) is 11.6. The first-order valence-corrected chi connectivity index (χ1v) is 9.36. The first-order chi connectivity index (χ1) is 12.0. The molecule has 0 aliphatic heterocycles. The predicted octanol–water partition coefficient (Wildman–Crippen LogP) is 3.53. The molecule has 5 nitrogen and oxygen atoms in total. The predicted molar refractivity (Wildman–Crippen MR) is 101 cm³/mol. The van der Waals surface area contributed by atoms with Crippen LogP contribution in [-0.4, -0.2) is 36.8 Å². The zero-order chi connectivity index (χ0) is 18.0. The molecule has 0 radical (unpaired) electrons. The van der Waals surface area contributed by atoms with Crippen molar-refractivity contribution in [2.75, 3.05) is 5.75 Å². The minimum absolute atomic E-state index is 0.369. The smallest absolute Gasteiger partial charge is 0.174 e. The van der Waals surface area contributed by atoms with Crippen molar-refractivity contribution in [3.05, 3.63) is 47.2 Å². The zero-order valence-electron chi connectivity index (χ0n) is 14.7. The lowest BCUT2D eigenvalue weighted by atomic mass is 10.1. The van der Waals surface area contributed by atoms with Crippen LogP contribution in [0.1, 0.15) is 29.5 Å². The van der Waals surface area contributed by atoms with Crippen molar-refractivity contribution < 1.29 is 10.2 Å². The van der Waals surface area contributed by atoms with Crippen molar-refractivity contribution in [3.8, 4) is 5.69 Å². The molecule has 2 aromatic heterocycles. The number of pyridine rings is 1. The highest BCUT2D eigenvalue weighted by Gasteiger charge is 2.17. The van der Waals surface area contributed by atoms with Crippen molar-refractivity contribution in [2.45, 2.75) is 45.1 Å². The Morgan fingerprint density at radius 2 is 1.88 bits per heavy atom. The summed E-state index contributed by atoms with van der Waals surface area (Å²) >= 11 is 1.62. The van der Waals surface area contributed by atoms with Crippen molar-refractivity contribution in [1.29, 1.82) is 0 Å². The average molecular weight is 357 g/mol. The Labute approximate surface area is 151 Å². The molecular formula is C19H23N3O2S. The van der Waals surface area contributed by atoms with E-state index in [-0.39, 0.29) is 0 Å². The topological polar surface area (TPSA) is 71.2 Å². The largest absolute Gasteiger partial charge is 0.368 e. The van der Waals surface area contributed by atoms with E-state index in [4.69, 9.17) is 15.2 Å². The molecule has 2 heterocycles. The summed E-state index contributed by atoms with van der Waals surface area (Å²) in [4.78, 5) is 9.30. The van der Waals surface area contributed by atoms with Crippen LogP contribution in [0.3, 0.4) is 0 Å². The van der Waals surface area contributed by atoms with Gasteiger partial charge in [-0.25, -0.2) is 9.97 Å². The third kappa shape index (κ3) is 3.86. The second-order valence-corrected chi connectivity index (χ2v) is 7.36. The van der Waals surface area contributed by atoms with Gasteiger partial charge in [-0.15, -0.1) is 0 Å². The van der Waals surface area contributed by atoms with E-state index < -0.39 is 6.29 Å². The highest BCUT2D eigenvalue weighted by atomic mass is 32.2. The fourth-order valence-electron chi connectivity index (χ4n) is 3.14. The number of aryl methyl sites for hydroxylation is 3. The van der Waals surface area contributed by atoms with E-state index >= 15 is 0 Å². The molecule has 0 unspecified atom stereocenters. The Balaban J connectivity index is 2.05. The van der Waals surface area contributed by atoms with Crippen LogP contribution < -0.4 is 0 Å². The Hall–Kier alpha value is -1.89. The highest BCUT2D eigenvalue weighted by molar-refractivity contribution is 7.99. The lowest BCUT2D eigenvalue weighted by Crippen LogP contribution is -2.05. The molecule has 0 bridgehead atoms. The number of aliphatic hydroxyl groups is 2. The van der Waals surface area contributed by atoms with Crippen molar-refractivity contribution in [1.82, 2.24) is 14.5 Å². The molecule has 3 aromatic rings. The van der Waals surface area contributed by atoms with Crippen LogP contribution >= 0.6 is 11.8 Å². The summed E-state index contributed by atoms with van der Waals surface area (Å²) in [6.07, 6.45) is 1.62. The zero-order valence-corrected chi connectivity index (χ0v) is 15.5. The molecule has 0 aliphatic carbocycles. The van der Waals surface area contributed by atoms with E-state index in [2.05, 4.69) is 42.5 Å². The summed E-state index contributed by atoms with van der Waals surface area (Å²) in [5, 5.41) is 18.9. The summed E-state index contributed by atoms with van der Waals surface area (Å²) in [5.74, 6) is 0.769. The van der Waals surface area contributed by atoms with Gasteiger partial charge < -0.3 is 10.2 Å². The highest BCUT2D eigenvalue weighted by Crippen LogP contribution is 2.31. The van der Waals surface area contributed by atoms with Gasteiger partial charge in [0.2, 0.25) is 0 Å². The van der Waals surface area contributed by atoms with Crippen LogP contribution in [-0.2, 0) is 0 Å². The number of benzene rings is 1. The van der Waals surface area contributed by atoms with Crippen LogP contribution in [0.25, 0.3) is 16.9 Å². The van der Waals surface area contributed by atoms with Crippen LogP contribution in [0.5, 0.6) is 0 Å². The number of hydrogen-bond donors (Lipinski definition) is 2. The summed E-state index contributed by atoms with van der Waals surface area (Å²) in [6, 6.07) is 8.21. The first-order valence-electron chi connectivity index (χ1n) is 8.38. The number of imidazole rings is 1. The van der Waals surface area contributed by atoms with E-state index in [0.717, 1.165) is 27.8 Å². The van der Waals surface area contributed by atoms with E-state index in [0.29, 0.717) is 12.8 Å². The number of fused-ring (bicyclic) bond motifs is 1. The number of aromatic nitrogens is 3. The molecule has 132 valence electrons. The van der Waals surface area contributed by atoms with Gasteiger partial charge >= 0.3 is 0 Å². The Bertz CT molecular complexity index is 867. The Morgan fingerprint density at radius 1 is 1.16 bits per heavy atom. The summed E-state index contributed by atoms with van der Waals surface area (Å²) < 4.78 is 2.12. The van der Waals surface area contributed by atoms with Gasteiger partial charge in [0.15, 0.2) is 17.1 Å². The van der Waals surface area contributed by atoms with Gasteiger partial charge in [0, 0.05) is 11.9 Å². The van der Waals surface area contributed by atoms with Gasteiger partial charge in [0.25, 0.3) is 0 Å². The number of aliphatic hydroxyl groups excluding tert-OH is 1. The van der Waals surface area contributed by atoms with E-state index in [1.807, 2.05) is 12.1 Å². The molecule has 0 amide bonds. The number of nitrogens with zero attached hydrogens (tertiary/aromatic N) is 3. The molecule has 0 saturated heterocycles. The van der Waals surface area contributed by atoms with Crippen molar-refractivity contribution in [3.63, 3.8) is 0 Å². The maximum absolute atomic E-state index is 9.01. The van der Waals surface area contributed by atoms with E-state index in [9.17, 15) is 0 Å². The second-order valence-electron chi connectivity index (χ2n) is 6.29. The van der Waals surface area contributed by atoms with Gasteiger partial charge in [-0.1, -0.05) is 29.5 Å². The SMILES string of the molecule is Cc1cc(C)c(-n2c(SCCCC(O)O)nc3cccnc32)c(C)c1. The minimum atomic E-state index is -1.25. The number of hydrogen-bond acceptors (Lipinski definition) is 5. The molecule has 0 atom stereocenters. The minimum Gasteiger partial charge on any atom is -0.368 e. The first kappa shape index (κ1) is 17.9. The Morgan fingerprint density at radius 3 is 2.56 bits per heavy atom. The summed E-state index contributed by atoms with van der Waals surface area (Å²) in [7, 11) is 0. The third-order valence-corrected chi connectivity index (χ3v) is 5.11.